The number of aromatic nitrogens is 4. The van der Waals surface area contributed by atoms with E-state index in [1.54, 1.807) is 33.8 Å². The maximum absolute atomic E-state index is 14.2. The number of carbonyl (C=O) groups is 4. The molecule has 1 fully saturated rings. The molecule has 2 aromatic heterocycles. The third-order valence-corrected chi connectivity index (χ3v) is 10.3. The highest BCUT2D eigenvalue weighted by Crippen LogP contribution is 2.25. The van der Waals surface area contributed by atoms with E-state index >= 15 is 0 Å². The number of aryl methyl sites for hydroxylation is 2. The molecule has 12 nitrogen and oxygen atoms in total. The third-order valence-electron chi connectivity index (χ3n) is 9.85. The van der Waals surface area contributed by atoms with E-state index < -0.39 is 5.97 Å². The van der Waals surface area contributed by atoms with Gasteiger partial charge >= 0.3 is 17.9 Å². The normalized spacial score (nSPS) is 14.7. The van der Waals surface area contributed by atoms with Crippen molar-refractivity contribution in [2.45, 2.75) is 104 Å². The molecule has 17 heteroatoms. The molecule has 0 atom stereocenters. The zero-order valence-electron chi connectivity index (χ0n) is 31.9. The number of carboxylic acid groups (broad SMARTS) is 1. The van der Waals surface area contributed by atoms with Gasteiger partial charge in [0.05, 0.1) is 42.4 Å². The first-order chi connectivity index (χ1) is 26.8. The second-order valence-corrected chi connectivity index (χ2v) is 14.8. The van der Waals surface area contributed by atoms with E-state index in [0.717, 1.165) is 60.7 Å². The highest BCUT2D eigenvalue weighted by Gasteiger charge is 2.26. The molecule has 5 heterocycles. The Morgan fingerprint density at radius 1 is 0.807 bits per heavy atom. The van der Waals surface area contributed by atoms with Crippen molar-refractivity contribution >= 4 is 59.4 Å². The van der Waals surface area contributed by atoms with Gasteiger partial charge in [0.1, 0.15) is 11.6 Å². The molecule has 0 saturated carbocycles. The SMILES string of the molecule is Cc1nn(Cc2ccc(Cl)cc2F)c2c1CCN(C(=O)CCCCC(=O)O)C2.Cc1nn(Cc2ccc(Cl)cc2F)c2c1CCNC2.Cl.O=C1CCCCC(=O)O1. The number of benzene rings is 2. The number of carboxylic acids is 1. The molecule has 7 rings (SSSR count). The summed E-state index contributed by atoms with van der Waals surface area (Å²) >= 11 is 11.6. The van der Waals surface area contributed by atoms with E-state index in [-0.39, 0.29) is 54.9 Å². The quantitative estimate of drug-likeness (QED) is 0.101. The first-order valence-corrected chi connectivity index (χ1v) is 19.5. The number of hydrogen-bond acceptors (Lipinski definition) is 8. The zero-order chi connectivity index (χ0) is 40.4. The smallest absolute Gasteiger partial charge is 0.313 e. The van der Waals surface area contributed by atoms with Crippen LogP contribution in [-0.2, 0) is 62.9 Å². The monoisotopic (exact) mass is 850 g/mol. The van der Waals surface area contributed by atoms with Gasteiger partial charge in [-0.2, -0.15) is 10.2 Å². The second-order valence-electron chi connectivity index (χ2n) is 14.0. The van der Waals surface area contributed by atoms with Crippen LogP contribution in [0.1, 0.15) is 96.4 Å². The number of cyclic esters (lactones) is 2. The fraction of sp³-hybridized carbons (Fsp3) is 0.450. The van der Waals surface area contributed by atoms with Crippen LogP contribution in [0.3, 0.4) is 0 Å². The molecule has 2 N–H and O–H groups in total. The fourth-order valence-electron chi connectivity index (χ4n) is 6.86. The molecule has 308 valence electrons. The summed E-state index contributed by atoms with van der Waals surface area (Å²) in [7, 11) is 0. The van der Waals surface area contributed by atoms with E-state index in [1.165, 1.54) is 17.7 Å². The summed E-state index contributed by atoms with van der Waals surface area (Å²) in [6.07, 6.45) is 5.52. The Labute approximate surface area is 346 Å². The Kier molecular flexibility index (Phi) is 17.0. The average molecular weight is 852 g/mol. The molecule has 57 heavy (non-hydrogen) atoms. The molecule has 0 unspecified atom stereocenters. The van der Waals surface area contributed by atoms with Gasteiger partial charge in [0, 0.05) is 59.9 Å². The van der Waals surface area contributed by atoms with Gasteiger partial charge in [-0.15, -0.1) is 12.4 Å². The molecule has 0 bridgehead atoms. The Morgan fingerprint density at radius 2 is 1.33 bits per heavy atom. The van der Waals surface area contributed by atoms with Crippen molar-refractivity contribution in [3.8, 4) is 0 Å². The van der Waals surface area contributed by atoms with Crippen LogP contribution >= 0.6 is 35.6 Å². The predicted molar refractivity (Wildman–Crippen MR) is 212 cm³/mol. The van der Waals surface area contributed by atoms with Crippen molar-refractivity contribution in [1.29, 1.82) is 0 Å². The van der Waals surface area contributed by atoms with Gasteiger partial charge in [-0.25, -0.2) is 8.78 Å². The van der Waals surface area contributed by atoms with Crippen LogP contribution in [0, 0.1) is 25.5 Å². The largest absolute Gasteiger partial charge is 0.481 e. The summed E-state index contributed by atoms with van der Waals surface area (Å²) in [5.74, 6) is -2.24. The summed E-state index contributed by atoms with van der Waals surface area (Å²) in [6.45, 7) is 7.49. The predicted octanol–water partition coefficient (Wildman–Crippen LogP) is 7.29. The lowest BCUT2D eigenvalue weighted by Crippen LogP contribution is -2.36. The first-order valence-electron chi connectivity index (χ1n) is 18.7. The molecule has 4 aromatic rings. The number of esters is 2. The van der Waals surface area contributed by atoms with E-state index in [2.05, 4.69) is 20.3 Å². The molecule has 0 spiro atoms. The molecular weight excluding hydrogens is 805 g/mol. The lowest BCUT2D eigenvalue weighted by atomic mass is 10.0. The molecule has 3 aliphatic rings. The third kappa shape index (κ3) is 12.8. The maximum Gasteiger partial charge on any atom is 0.313 e. The molecule has 0 aliphatic carbocycles. The van der Waals surface area contributed by atoms with Crippen LogP contribution in [0.4, 0.5) is 8.78 Å². The summed E-state index contributed by atoms with van der Waals surface area (Å²) in [4.78, 5) is 45.7. The van der Waals surface area contributed by atoms with Gasteiger partial charge in [-0.1, -0.05) is 35.3 Å². The number of nitrogens with one attached hydrogen (secondary N) is 1. The Bertz CT molecular complexity index is 2060. The maximum atomic E-state index is 14.2. The molecule has 2 aromatic carbocycles. The molecule has 3 aliphatic heterocycles. The summed E-state index contributed by atoms with van der Waals surface area (Å²) < 4.78 is 36.0. The Balaban J connectivity index is 0.000000213. The number of carbonyl (C=O) groups excluding carboxylic acids is 3. The van der Waals surface area contributed by atoms with Crippen LogP contribution in [0.15, 0.2) is 36.4 Å². The van der Waals surface area contributed by atoms with Gasteiger partial charge in [0.25, 0.3) is 0 Å². The van der Waals surface area contributed by atoms with Crippen LogP contribution in [-0.4, -0.2) is 66.5 Å². The van der Waals surface area contributed by atoms with Gasteiger partial charge in [0.15, 0.2) is 0 Å². The van der Waals surface area contributed by atoms with Crippen LogP contribution in [0.5, 0.6) is 0 Å². The second kappa shape index (κ2) is 21.4. The van der Waals surface area contributed by atoms with Crippen molar-refractivity contribution in [2.75, 3.05) is 13.1 Å². The van der Waals surface area contributed by atoms with Crippen LogP contribution in [0.2, 0.25) is 10.0 Å². The first kappa shape index (κ1) is 45.3. The van der Waals surface area contributed by atoms with Crippen molar-refractivity contribution in [3.05, 3.63) is 103 Å². The number of amides is 1. The highest BCUT2D eigenvalue weighted by atomic mass is 35.5. The van der Waals surface area contributed by atoms with Crippen molar-refractivity contribution in [3.63, 3.8) is 0 Å². The van der Waals surface area contributed by atoms with E-state index in [4.69, 9.17) is 28.3 Å². The van der Waals surface area contributed by atoms with Gasteiger partial charge in [-0.05, 0) is 94.3 Å². The number of unbranched alkanes of at least 4 members (excludes halogenated alkanes) is 1. The average Bonchev–Trinajstić information content (AvgIpc) is 3.56. The minimum absolute atomic E-state index is 0. The minimum Gasteiger partial charge on any atom is -0.481 e. The highest BCUT2D eigenvalue weighted by molar-refractivity contribution is 6.30. The van der Waals surface area contributed by atoms with Gasteiger partial charge in [0.2, 0.25) is 5.91 Å². The van der Waals surface area contributed by atoms with Crippen molar-refractivity contribution in [1.82, 2.24) is 29.8 Å². The lowest BCUT2D eigenvalue weighted by molar-refractivity contribution is -0.158. The summed E-state index contributed by atoms with van der Waals surface area (Å²) in [6, 6.07) is 9.36. The van der Waals surface area contributed by atoms with Crippen molar-refractivity contribution < 1.29 is 37.8 Å². The minimum atomic E-state index is -0.844. The van der Waals surface area contributed by atoms with E-state index in [9.17, 15) is 28.0 Å². The number of fused-ring (bicyclic) bond motifs is 2. The molecule has 1 saturated heterocycles. The zero-order valence-corrected chi connectivity index (χ0v) is 34.3. The molecular formula is C40H47Cl3F2N6O6. The van der Waals surface area contributed by atoms with E-state index in [0.29, 0.717) is 79.3 Å². The van der Waals surface area contributed by atoms with Gasteiger partial charge in [-0.3, -0.25) is 28.5 Å². The topological polar surface area (TPSA) is 149 Å². The lowest BCUT2D eigenvalue weighted by Gasteiger charge is -2.28. The molecule has 0 radical (unpaired) electrons. The number of aliphatic carboxylic acids is 1. The number of nitrogens with zero attached hydrogens (tertiary/aromatic N) is 5. The molecule has 1 amide bonds. The Morgan fingerprint density at radius 3 is 1.88 bits per heavy atom. The number of ether oxygens (including phenoxy) is 1. The van der Waals surface area contributed by atoms with Crippen molar-refractivity contribution in [2.24, 2.45) is 0 Å². The van der Waals surface area contributed by atoms with Crippen LogP contribution in [0.25, 0.3) is 0 Å². The van der Waals surface area contributed by atoms with Crippen LogP contribution < -0.4 is 5.32 Å². The number of halogens is 5. The standard InChI is InChI=1S/C20H23ClFN3O3.C14H15ClFN3.C6H8O3.ClH/c1-13-16-8-9-24(19(26)4-2-3-5-20(27)28)12-18(16)25(23-13)11-14-6-7-15(21)10-17(14)22;1-9-12-4-5-17-7-14(12)19(18-9)8-10-2-3-11(15)6-13(10)16;7-5-3-1-2-4-6(8)9-5;/h6-7,10H,2-5,8-9,11-12H2,1H3,(H,27,28);2-3,6,17H,4-5,7-8H2,1H3;1-4H2;1H. The Hall–Kier alpha value is -4.37. The van der Waals surface area contributed by atoms with E-state index in [1.807, 2.05) is 18.5 Å². The fourth-order valence-corrected chi connectivity index (χ4v) is 7.18. The van der Waals surface area contributed by atoms with Gasteiger partial charge < -0.3 is 20.1 Å². The summed E-state index contributed by atoms with van der Waals surface area (Å²) in [5.41, 5.74) is 7.56. The number of rotatable bonds is 9. The summed E-state index contributed by atoms with van der Waals surface area (Å²) in [5, 5.41) is 21.9. The number of hydrogen-bond donors (Lipinski definition) is 2.